The van der Waals surface area contributed by atoms with Crippen LogP contribution in [0.2, 0.25) is 0 Å². The molecule has 0 fully saturated rings. The van der Waals surface area contributed by atoms with Crippen molar-refractivity contribution in [2.75, 3.05) is 13.7 Å². The van der Waals surface area contributed by atoms with Crippen LogP contribution in [0.4, 0.5) is 0 Å². The molecule has 0 spiro atoms. The molecular formula is C9H10O4S. The van der Waals surface area contributed by atoms with E-state index in [2.05, 4.69) is 4.74 Å². The van der Waals surface area contributed by atoms with E-state index < -0.39 is 12.1 Å². The maximum Gasteiger partial charge on any atom is 0.333 e. The van der Waals surface area contributed by atoms with Crippen molar-refractivity contribution in [3.05, 3.63) is 22.4 Å². The van der Waals surface area contributed by atoms with E-state index in [-0.39, 0.29) is 6.61 Å². The molecule has 0 aliphatic heterocycles. The Bertz CT molecular complexity index is 294. The van der Waals surface area contributed by atoms with Crippen LogP contribution in [-0.4, -0.2) is 26.0 Å². The summed E-state index contributed by atoms with van der Waals surface area (Å²) < 4.78 is 9.44. The molecule has 1 heterocycles. The van der Waals surface area contributed by atoms with Gasteiger partial charge in [0, 0.05) is 12.7 Å². The molecule has 1 rings (SSSR count). The predicted octanol–water partition coefficient (Wildman–Crippen LogP) is 1.18. The third kappa shape index (κ3) is 2.93. The van der Waals surface area contributed by atoms with Gasteiger partial charge in [0.15, 0.2) is 12.4 Å². The largest absolute Gasteiger partial charge is 0.448 e. The van der Waals surface area contributed by atoms with Gasteiger partial charge in [0.2, 0.25) is 0 Å². The first-order chi connectivity index (χ1) is 6.77. The Morgan fingerprint density at radius 2 is 2.50 bits per heavy atom. The molecule has 0 N–H and O–H groups in total. The molecule has 1 aromatic rings. The van der Waals surface area contributed by atoms with Gasteiger partial charge in [0.05, 0.1) is 0 Å². The zero-order chi connectivity index (χ0) is 10.4. The molecule has 0 radical (unpaired) electrons. The third-order valence-corrected chi connectivity index (χ3v) is 2.22. The van der Waals surface area contributed by atoms with E-state index in [1.54, 1.807) is 11.4 Å². The van der Waals surface area contributed by atoms with E-state index in [0.717, 1.165) is 0 Å². The summed E-state index contributed by atoms with van der Waals surface area (Å²) in [6, 6.07) is 1.74. The molecule has 76 valence electrons. The molecule has 0 amide bonds. The molecule has 14 heavy (non-hydrogen) atoms. The van der Waals surface area contributed by atoms with Gasteiger partial charge < -0.3 is 9.47 Å². The van der Waals surface area contributed by atoms with E-state index >= 15 is 0 Å². The highest BCUT2D eigenvalue weighted by molar-refractivity contribution is 7.08. The molecular weight excluding hydrogens is 204 g/mol. The summed E-state index contributed by atoms with van der Waals surface area (Å²) in [4.78, 5) is 21.6. The van der Waals surface area contributed by atoms with Gasteiger partial charge in [-0.3, -0.25) is 4.79 Å². The fourth-order valence-electron chi connectivity index (χ4n) is 0.905. The number of ether oxygens (including phenoxy) is 2. The Kier molecular flexibility index (Phi) is 4.28. The minimum atomic E-state index is -0.816. The summed E-state index contributed by atoms with van der Waals surface area (Å²) in [5.74, 6) is -0.546. The summed E-state index contributed by atoms with van der Waals surface area (Å²) >= 11 is 1.44. The number of carbonyl (C=O) groups is 2. The molecule has 0 bridgehead atoms. The lowest BCUT2D eigenvalue weighted by Crippen LogP contribution is -2.16. The van der Waals surface area contributed by atoms with Crippen LogP contribution in [0.1, 0.15) is 11.7 Å². The Balaban J connectivity index is 2.56. The van der Waals surface area contributed by atoms with Gasteiger partial charge in [-0.2, -0.15) is 11.3 Å². The van der Waals surface area contributed by atoms with Gasteiger partial charge >= 0.3 is 5.97 Å². The van der Waals surface area contributed by atoms with Gasteiger partial charge in [-0.1, -0.05) is 0 Å². The number of aldehydes is 1. The second-order valence-electron chi connectivity index (χ2n) is 2.54. The lowest BCUT2D eigenvalue weighted by atomic mass is 10.2. The quantitative estimate of drug-likeness (QED) is 0.545. The number of hydrogen-bond donors (Lipinski definition) is 0. The van der Waals surface area contributed by atoms with E-state index in [4.69, 9.17) is 4.74 Å². The minimum Gasteiger partial charge on any atom is -0.448 e. The molecule has 1 unspecified atom stereocenters. The van der Waals surface area contributed by atoms with Crippen LogP contribution in [0.25, 0.3) is 0 Å². The van der Waals surface area contributed by atoms with E-state index in [0.29, 0.717) is 11.8 Å². The van der Waals surface area contributed by atoms with Crippen LogP contribution >= 0.6 is 11.3 Å². The molecule has 0 saturated heterocycles. The van der Waals surface area contributed by atoms with Crippen molar-refractivity contribution in [3.63, 3.8) is 0 Å². The number of carbonyl (C=O) groups excluding carboxylic acids is 2. The van der Waals surface area contributed by atoms with Crippen molar-refractivity contribution in [3.8, 4) is 0 Å². The van der Waals surface area contributed by atoms with Crippen LogP contribution in [-0.2, 0) is 19.1 Å². The average Bonchev–Trinajstić information content (AvgIpc) is 2.67. The van der Waals surface area contributed by atoms with E-state index in [1.165, 1.54) is 18.4 Å². The van der Waals surface area contributed by atoms with Gasteiger partial charge in [-0.05, 0) is 16.8 Å². The smallest absolute Gasteiger partial charge is 0.333 e. The van der Waals surface area contributed by atoms with Crippen molar-refractivity contribution in [2.24, 2.45) is 0 Å². The number of hydrogen-bond acceptors (Lipinski definition) is 5. The van der Waals surface area contributed by atoms with Crippen molar-refractivity contribution in [2.45, 2.75) is 6.10 Å². The SMILES string of the molecule is COCC(=O)OC(C=O)c1ccsc1. The average molecular weight is 214 g/mol. The zero-order valence-corrected chi connectivity index (χ0v) is 8.45. The summed E-state index contributed by atoms with van der Waals surface area (Å²) in [6.07, 6.45) is -0.223. The van der Waals surface area contributed by atoms with Gasteiger partial charge in [-0.15, -0.1) is 0 Å². The Morgan fingerprint density at radius 1 is 1.71 bits per heavy atom. The maximum absolute atomic E-state index is 11.0. The highest BCUT2D eigenvalue weighted by Gasteiger charge is 2.15. The van der Waals surface area contributed by atoms with Crippen LogP contribution in [0.3, 0.4) is 0 Å². The first kappa shape index (κ1) is 10.9. The summed E-state index contributed by atoms with van der Waals surface area (Å²) in [5, 5.41) is 3.58. The number of methoxy groups -OCH3 is 1. The van der Waals surface area contributed by atoms with Crippen molar-refractivity contribution in [1.82, 2.24) is 0 Å². The summed E-state index contributed by atoms with van der Waals surface area (Å²) in [6.45, 7) is -0.144. The summed E-state index contributed by atoms with van der Waals surface area (Å²) in [5.41, 5.74) is 0.689. The molecule has 0 aliphatic carbocycles. The molecule has 0 aromatic carbocycles. The van der Waals surface area contributed by atoms with Crippen LogP contribution in [0.15, 0.2) is 16.8 Å². The highest BCUT2D eigenvalue weighted by Crippen LogP contribution is 2.18. The van der Waals surface area contributed by atoms with Crippen molar-refractivity contribution >= 4 is 23.6 Å². The fraction of sp³-hybridized carbons (Fsp3) is 0.333. The van der Waals surface area contributed by atoms with Crippen LogP contribution in [0, 0.1) is 0 Å². The second kappa shape index (κ2) is 5.51. The van der Waals surface area contributed by atoms with E-state index in [1.807, 2.05) is 5.38 Å². The van der Waals surface area contributed by atoms with Gasteiger partial charge in [-0.25, -0.2) is 4.79 Å². The summed E-state index contributed by atoms with van der Waals surface area (Å²) in [7, 11) is 1.39. The topological polar surface area (TPSA) is 52.6 Å². The Morgan fingerprint density at radius 3 is 3.00 bits per heavy atom. The van der Waals surface area contributed by atoms with Crippen LogP contribution < -0.4 is 0 Å². The number of thiophene rings is 1. The molecule has 4 nitrogen and oxygen atoms in total. The highest BCUT2D eigenvalue weighted by atomic mass is 32.1. The Labute approximate surface area is 85.4 Å². The molecule has 1 atom stereocenters. The molecule has 1 aromatic heterocycles. The fourth-order valence-corrected chi connectivity index (χ4v) is 1.59. The molecule has 5 heteroatoms. The zero-order valence-electron chi connectivity index (χ0n) is 7.64. The van der Waals surface area contributed by atoms with Crippen molar-refractivity contribution in [1.29, 1.82) is 0 Å². The van der Waals surface area contributed by atoms with Gasteiger partial charge in [0.1, 0.15) is 6.61 Å². The standard InChI is InChI=1S/C9H10O4S/c1-12-5-9(11)13-8(4-10)7-2-3-14-6-7/h2-4,6,8H,5H2,1H3. The Hall–Kier alpha value is -1.20. The van der Waals surface area contributed by atoms with Crippen LogP contribution in [0.5, 0.6) is 0 Å². The minimum absolute atomic E-state index is 0.144. The predicted molar refractivity (Wildman–Crippen MR) is 51.1 cm³/mol. The normalized spacial score (nSPS) is 12.1. The molecule has 0 saturated carbocycles. The first-order valence-corrected chi connectivity index (χ1v) is 4.88. The van der Waals surface area contributed by atoms with Gasteiger partial charge in [0.25, 0.3) is 0 Å². The van der Waals surface area contributed by atoms with Crippen molar-refractivity contribution < 1.29 is 19.1 Å². The lowest BCUT2D eigenvalue weighted by Gasteiger charge is -2.09. The monoisotopic (exact) mass is 214 g/mol. The third-order valence-electron chi connectivity index (χ3n) is 1.52. The number of esters is 1. The second-order valence-corrected chi connectivity index (χ2v) is 3.32. The number of rotatable bonds is 5. The molecule has 0 aliphatic rings. The van der Waals surface area contributed by atoms with E-state index in [9.17, 15) is 9.59 Å². The first-order valence-electron chi connectivity index (χ1n) is 3.93. The maximum atomic E-state index is 11.0. The lowest BCUT2D eigenvalue weighted by molar-refractivity contribution is -0.156.